The molecular formula is C5H10INO2. The van der Waals surface area contributed by atoms with Crippen LogP contribution in [0.3, 0.4) is 0 Å². The Labute approximate surface area is 68.1 Å². The zero-order valence-electron chi connectivity index (χ0n) is 5.09. The van der Waals surface area contributed by atoms with Crippen molar-refractivity contribution < 1.29 is 9.84 Å². The second-order valence-corrected chi connectivity index (χ2v) is 3.07. The summed E-state index contributed by atoms with van der Waals surface area (Å²) >= 11 is 1.99. The summed E-state index contributed by atoms with van der Waals surface area (Å²) in [6, 6.07) is 0. The number of rotatable bonds is 1. The molecular weight excluding hydrogens is 233 g/mol. The first-order valence-electron chi connectivity index (χ1n) is 2.94. The van der Waals surface area contributed by atoms with Gasteiger partial charge in [-0.15, -0.1) is 0 Å². The van der Waals surface area contributed by atoms with Crippen molar-refractivity contribution in [3.8, 4) is 0 Å². The van der Waals surface area contributed by atoms with Crippen molar-refractivity contribution in [2.45, 2.75) is 4.23 Å². The van der Waals surface area contributed by atoms with E-state index < -0.39 is 0 Å². The van der Waals surface area contributed by atoms with Crippen LogP contribution in [0.5, 0.6) is 0 Å². The Kier molecular flexibility index (Phi) is 3.17. The maximum absolute atomic E-state index is 9.03. The van der Waals surface area contributed by atoms with Crippen molar-refractivity contribution in [1.29, 1.82) is 0 Å². The van der Waals surface area contributed by atoms with Crippen LogP contribution in [-0.2, 0) is 4.74 Å². The lowest BCUT2D eigenvalue weighted by molar-refractivity contribution is -0.0113. The quantitative estimate of drug-likeness (QED) is 0.400. The van der Waals surface area contributed by atoms with Gasteiger partial charge in [-0.3, -0.25) is 4.90 Å². The third kappa shape index (κ3) is 2.37. The fraction of sp³-hybridized carbons (Fsp3) is 1.00. The summed E-state index contributed by atoms with van der Waals surface area (Å²) in [6.45, 7) is 3.20. The predicted molar refractivity (Wildman–Crippen MR) is 42.4 cm³/mol. The maximum atomic E-state index is 9.03. The SMILES string of the molecule is O[C@H](I)N1CCOCC1. The van der Waals surface area contributed by atoms with Crippen LogP contribution in [0.15, 0.2) is 0 Å². The van der Waals surface area contributed by atoms with Crippen LogP contribution in [-0.4, -0.2) is 40.5 Å². The molecule has 0 amide bonds. The first kappa shape index (κ1) is 7.71. The molecule has 0 bridgehead atoms. The zero-order valence-corrected chi connectivity index (χ0v) is 7.24. The van der Waals surface area contributed by atoms with Gasteiger partial charge in [0.2, 0.25) is 0 Å². The highest BCUT2D eigenvalue weighted by atomic mass is 127. The van der Waals surface area contributed by atoms with E-state index in [4.69, 9.17) is 9.84 Å². The van der Waals surface area contributed by atoms with Gasteiger partial charge in [-0.05, 0) is 22.6 Å². The predicted octanol–water partition coefficient (Wildman–Crippen LogP) is 0.0295. The Morgan fingerprint density at radius 3 is 2.33 bits per heavy atom. The molecule has 0 spiro atoms. The summed E-state index contributed by atoms with van der Waals surface area (Å²) in [5.74, 6) is 0. The van der Waals surface area contributed by atoms with Crippen LogP contribution in [0.1, 0.15) is 0 Å². The van der Waals surface area contributed by atoms with Crippen molar-refractivity contribution in [2.75, 3.05) is 26.3 Å². The first-order chi connectivity index (χ1) is 4.30. The summed E-state index contributed by atoms with van der Waals surface area (Å²) in [4.78, 5) is 1.98. The molecule has 0 saturated carbocycles. The number of morpholine rings is 1. The number of hydrogen-bond acceptors (Lipinski definition) is 3. The molecule has 1 saturated heterocycles. The first-order valence-corrected chi connectivity index (χ1v) is 4.19. The summed E-state index contributed by atoms with van der Waals surface area (Å²) in [6.07, 6.45) is 0. The normalized spacial score (nSPS) is 26.0. The lowest BCUT2D eigenvalue weighted by Crippen LogP contribution is -2.40. The molecule has 1 fully saturated rings. The molecule has 1 rings (SSSR count). The van der Waals surface area contributed by atoms with Crippen LogP contribution in [0.2, 0.25) is 0 Å². The van der Waals surface area contributed by atoms with E-state index in [0.717, 1.165) is 26.3 Å². The van der Waals surface area contributed by atoms with Gasteiger partial charge in [0.05, 0.1) is 13.2 Å². The molecule has 0 radical (unpaired) electrons. The van der Waals surface area contributed by atoms with Gasteiger partial charge in [0.15, 0.2) is 4.23 Å². The second-order valence-electron chi connectivity index (χ2n) is 1.96. The number of aliphatic hydroxyl groups excluding tert-OH is 1. The smallest absolute Gasteiger partial charge is 0.160 e. The molecule has 1 heterocycles. The molecule has 1 atom stereocenters. The lowest BCUT2D eigenvalue weighted by Gasteiger charge is -2.27. The topological polar surface area (TPSA) is 32.7 Å². The van der Waals surface area contributed by atoms with Gasteiger partial charge < -0.3 is 9.84 Å². The molecule has 4 heteroatoms. The minimum atomic E-state index is -0.341. The second kappa shape index (κ2) is 3.70. The van der Waals surface area contributed by atoms with E-state index in [0.29, 0.717) is 0 Å². The van der Waals surface area contributed by atoms with Crippen LogP contribution < -0.4 is 0 Å². The van der Waals surface area contributed by atoms with Gasteiger partial charge in [0, 0.05) is 13.1 Å². The Morgan fingerprint density at radius 1 is 1.44 bits per heavy atom. The third-order valence-corrected chi connectivity index (χ3v) is 2.13. The summed E-state index contributed by atoms with van der Waals surface area (Å²) in [5, 5.41) is 9.03. The average molecular weight is 243 g/mol. The molecule has 0 aromatic carbocycles. The van der Waals surface area contributed by atoms with E-state index in [1.54, 1.807) is 0 Å². The average Bonchev–Trinajstić information content (AvgIpc) is 1.90. The largest absolute Gasteiger partial charge is 0.379 e. The molecule has 0 aromatic heterocycles. The van der Waals surface area contributed by atoms with Crippen molar-refractivity contribution in [3.05, 3.63) is 0 Å². The molecule has 0 unspecified atom stereocenters. The number of hydrogen-bond donors (Lipinski definition) is 1. The van der Waals surface area contributed by atoms with E-state index in [-0.39, 0.29) is 4.23 Å². The molecule has 1 N–H and O–H groups in total. The van der Waals surface area contributed by atoms with E-state index in [1.165, 1.54) is 0 Å². The van der Waals surface area contributed by atoms with E-state index in [9.17, 15) is 0 Å². The molecule has 9 heavy (non-hydrogen) atoms. The molecule has 1 aliphatic rings. The molecule has 1 aliphatic heterocycles. The minimum absolute atomic E-state index is 0.341. The Hall–Kier alpha value is 0.610. The maximum Gasteiger partial charge on any atom is 0.160 e. The summed E-state index contributed by atoms with van der Waals surface area (Å²) in [5.41, 5.74) is 0. The van der Waals surface area contributed by atoms with Crippen LogP contribution in [0, 0.1) is 0 Å². The van der Waals surface area contributed by atoms with E-state index in [1.807, 2.05) is 27.5 Å². The van der Waals surface area contributed by atoms with Crippen molar-refractivity contribution in [2.24, 2.45) is 0 Å². The summed E-state index contributed by atoms with van der Waals surface area (Å²) < 4.78 is 4.75. The van der Waals surface area contributed by atoms with Gasteiger partial charge in [-0.1, -0.05) is 0 Å². The Morgan fingerprint density at radius 2 is 2.00 bits per heavy atom. The number of nitrogens with zero attached hydrogens (tertiary/aromatic N) is 1. The highest BCUT2D eigenvalue weighted by Crippen LogP contribution is 2.06. The fourth-order valence-corrected chi connectivity index (χ4v) is 1.35. The van der Waals surface area contributed by atoms with Crippen LogP contribution in [0.4, 0.5) is 0 Å². The Balaban J connectivity index is 2.23. The van der Waals surface area contributed by atoms with Gasteiger partial charge in [0.25, 0.3) is 0 Å². The number of ether oxygens (including phenoxy) is 1. The number of alkyl halides is 1. The van der Waals surface area contributed by atoms with Crippen LogP contribution >= 0.6 is 22.6 Å². The van der Waals surface area contributed by atoms with Crippen LogP contribution in [0.25, 0.3) is 0 Å². The highest BCUT2D eigenvalue weighted by Gasteiger charge is 2.14. The molecule has 54 valence electrons. The van der Waals surface area contributed by atoms with Crippen molar-refractivity contribution >= 4 is 22.6 Å². The fourth-order valence-electron chi connectivity index (χ4n) is 0.791. The summed E-state index contributed by atoms with van der Waals surface area (Å²) in [7, 11) is 0. The lowest BCUT2D eigenvalue weighted by atomic mass is 10.5. The Bertz CT molecular complexity index is 83.0. The molecule has 3 nitrogen and oxygen atoms in total. The van der Waals surface area contributed by atoms with Gasteiger partial charge in [-0.25, -0.2) is 0 Å². The highest BCUT2D eigenvalue weighted by molar-refractivity contribution is 14.1. The molecule has 0 aliphatic carbocycles. The van der Waals surface area contributed by atoms with E-state index in [2.05, 4.69) is 0 Å². The van der Waals surface area contributed by atoms with Crippen molar-refractivity contribution in [1.82, 2.24) is 4.90 Å². The van der Waals surface area contributed by atoms with Gasteiger partial charge >= 0.3 is 0 Å². The minimum Gasteiger partial charge on any atom is -0.379 e. The third-order valence-electron chi connectivity index (χ3n) is 1.35. The van der Waals surface area contributed by atoms with E-state index >= 15 is 0 Å². The zero-order chi connectivity index (χ0) is 6.69. The van der Waals surface area contributed by atoms with Gasteiger partial charge in [0.1, 0.15) is 0 Å². The standard InChI is InChI=1S/C5H10INO2/c6-5(8)7-1-3-9-4-2-7/h5,8H,1-4H2/t5-/m1/s1. The number of aliphatic hydroxyl groups is 1. The van der Waals surface area contributed by atoms with Crippen molar-refractivity contribution in [3.63, 3.8) is 0 Å². The number of halogens is 1. The van der Waals surface area contributed by atoms with Gasteiger partial charge in [-0.2, -0.15) is 0 Å². The monoisotopic (exact) mass is 243 g/mol. The molecule has 0 aromatic rings.